The number of hydrogen-bond acceptors (Lipinski definition) is 5. The Labute approximate surface area is 214 Å². The van der Waals surface area contributed by atoms with E-state index in [-0.39, 0.29) is 23.7 Å². The molecule has 10 heteroatoms. The van der Waals surface area contributed by atoms with Gasteiger partial charge in [-0.2, -0.15) is 0 Å². The van der Waals surface area contributed by atoms with Crippen molar-refractivity contribution in [3.05, 3.63) is 73.3 Å². The van der Waals surface area contributed by atoms with Crippen LogP contribution in [0, 0.1) is 6.92 Å². The highest BCUT2D eigenvalue weighted by atomic mass is 79.9. The summed E-state index contributed by atoms with van der Waals surface area (Å²) in [6.45, 7) is 1.11. The molecular formula is C26H25BrN4O5. The zero-order chi connectivity index (χ0) is 25.4. The lowest BCUT2D eigenvalue weighted by Gasteiger charge is -2.15. The molecule has 1 aliphatic carbocycles. The highest BCUT2D eigenvalue weighted by molar-refractivity contribution is 9.10. The molecule has 0 aliphatic heterocycles. The van der Waals surface area contributed by atoms with Gasteiger partial charge in [0.25, 0.3) is 5.56 Å². The van der Waals surface area contributed by atoms with Crippen molar-refractivity contribution in [3.63, 3.8) is 0 Å². The second kappa shape index (κ2) is 9.77. The summed E-state index contributed by atoms with van der Waals surface area (Å²) in [4.78, 5) is 52.5. The van der Waals surface area contributed by atoms with Crippen LogP contribution >= 0.6 is 15.9 Å². The number of nitrogens with zero attached hydrogens (tertiary/aromatic N) is 2. The molecule has 1 fully saturated rings. The third-order valence-corrected chi connectivity index (χ3v) is 7.12. The van der Waals surface area contributed by atoms with Gasteiger partial charge in [0.15, 0.2) is 0 Å². The molecule has 0 atom stereocenters. The van der Waals surface area contributed by atoms with Crippen molar-refractivity contribution in [2.45, 2.75) is 51.7 Å². The van der Waals surface area contributed by atoms with E-state index in [0.717, 1.165) is 35.8 Å². The Kier molecular flexibility index (Phi) is 6.53. The third-order valence-electron chi connectivity index (χ3n) is 6.46. The second-order valence-corrected chi connectivity index (χ2v) is 9.97. The van der Waals surface area contributed by atoms with Crippen LogP contribution in [0.5, 0.6) is 0 Å². The minimum Gasteiger partial charge on any atom is -0.449 e. The number of hydrogen-bond donors (Lipinski definition) is 2. The molecule has 2 aromatic carbocycles. The topological polar surface area (TPSA) is 115 Å². The van der Waals surface area contributed by atoms with E-state index >= 15 is 0 Å². The number of rotatable bonds is 6. The molecule has 4 aromatic rings. The summed E-state index contributed by atoms with van der Waals surface area (Å²) in [5, 5.41) is 6.23. The van der Waals surface area contributed by atoms with Crippen LogP contribution in [0.15, 0.2) is 60.9 Å². The molecular weight excluding hydrogens is 528 g/mol. The number of amides is 2. The molecule has 0 radical (unpaired) electrons. The van der Waals surface area contributed by atoms with E-state index in [2.05, 4.69) is 26.6 Å². The van der Waals surface area contributed by atoms with Crippen molar-refractivity contribution in [3.8, 4) is 0 Å². The Morgan fingerprint density at radius 3 is 2.50 bits per heavy atom. The van der Waals surface area contributed by atoms with Crippen LogP contribution in [0.2, 0.25) is 0 Å². The first-order valence-corrected chi connectivity index (χ1v) is 12.6. The van der Waals surface area contributed by atoms with E-state index in [9.17, 15) is 19.2 Å². The molecule has 2 heterocycles. The number of anilines is 1. The number of carbonyl (C=O) groups excluding carboxylic acids is 2. The van der Waals surface area contributed by atoms with Crippen LogP contribution in [0.1, 0.15) is 31.2 Å². The normalized spacial score (nSPS) is 13.9. The Morgan fingerprint density at radius 1 is 1.03 bits per heavy atom. The lowest BCUT2D eigenvalue weighted by molar-refractivity contribution is -0.122. The zero-order valence-electron chi connectivity index (χ0n) is 19.7. The van der Waals surface area contributed by atoms with Gasteiger partial charge in [-0.3, -0.25) is 19.0 Å². The van der Waals surface area contributed by atoms with Gasteiger partial charge >= 0.3 is 5.69 Å². The van der Waals surface area contributed by atoms with Crippen molar-refractivity contribution in [1.82, 2.24) is 14.5 Å². The predicted octanol–water partition coefficient (Wildman–Crippen LogP) is 3.68. The summed E-state index contributed by atoms with van der Waals surface area (Å²) >= 11 is 3.44. The lowest BCUT2D eigenvalue weighted by atomic mass is 10.2. The molecule has 2 amide bonds. The first-order chi connectivity index (χ1) is 17.3. The molecule has 0 saturated heterocycles. The van der Waals surface area contributed by atoms with Crippen LogP contribution in [0.3, 0.4) is 0 Å². The second-order valence-electron chi connectivity index (χ2n) is 9.12. The fraction of sp³-hybridized carbons (Fsp3) is 0.308. The molecule has 1 aliphatic rings. The molecule has 5 rings (SSSR count). The summed E-state index contributed by atoms with van der Waals surface area (Å²) in [5.41, 5.74) is 0.679. The first kappa shape index (κ1) is 24.1. The summed E-state index contributed by atoms with van der Waals surface area (Å²) < 4.78 is 8.54. The van der Waals surface area contributed by atoms with Crippen LogP contribution in [-0.2, 0) is 22.7 Å². The first-order valence-electron chi connectivity index (χ1n) is 11.8. The number of carbonyl (C=O) groups is 2. The van der Waals surface area contributed by atoms with Crippen molar-refractivity contribution in [2.75, 3.05) is 5.32 Å². The van der Waals surface area contributed by atoms with Gasteiger partial charge in [0.1, 0.15) is 24.2 Å². The highest BCUT2D eigenvalue weighted by Gasteiger charge is 2.24. The molecule has 9 nitrogen and oxygen atoms in total. The highest BCUT2D eigenvalue weighted by Crippen LogP contribution is 2.26. The molecule has 36 heavy (non-hydrogen) atoms. The van der Waals surface area contributed by atoms with Gasteiger partial charge in [-0.15, -0.1) is 0 Å². The van der Waals surface area contributed by atoms with Crippen molar-refractivity contribution >= 4 is 55.5 Å². The Balaban J connectivity index is 1.56. The fourth-order valence-electron chi connectivity index (χ4n) is 4.72. The van der Waals surface area contributed by atoms with Gasteiger partial charge in [0.2, 0.25) is 17.4 Å². The number of furan rings is 1. The summed E-state index contributed by atoms with van der Waals surface area (Å²) in [7, 11) is 0. The molecule has 2 N–H and O–H groups in total. The van der Waals surface area contributed by atoms with Gasteiger partial charge in [0.05, 0.1) is 5.69 Å². The fourth-order valence-corrected chi connectivity index (χ4v) is 5.32. The number of nitrogens with one attached hydrogen (secondary N) is 2. The molecule has 0 spiro atoms. The van der Waals surface area contributed by atoms with Crippen LogP contribution in [0.25, 0.3) is 22.1 Å². The van der Waals surface area contributed by atoms with Crippen molar-refractivity contribution in [1.29, 1.82) is 0 Å². The maximum Gasteiger partial charge on any atom is 0.332 e. The Morgan fingerprint density at radius 2 is 1.75 bits per heavy atom. The average molecular weight is 553 g/mol. The minimum atomic E-state index is -0.751. The number of aryl methyl sites for hydroxylation is 1. The summed E-state index contributed by atoms with van der Waals surface area (Å²) in [6, 6.07) is 12.5. The van der Waals surface area contributed by atoms with E-state index in [4.69, 9.17) is 4.42 Å². The van der Waals surface area contributed by atoms with E-state index in [1.807, 2.05) is 19.1 Å². The van der Waals surface area contributed by atoms with Crippen LogP contribution < -0.4 is 21.9 Å². The molecule has 0 unspecified atom stereocenters. The van der Waals surface area contributed by atoms with Gasteiger partial charge < -0.3 is 15.1 Å². The molecule has 1 saturated carbocycles. The zero-order valence-corrected chi connectivity index (χ0v) is 21.3. The number of benzene rings is 2. The smallest absolute Gasteiger partial charge is 0.332 e. The SMILES string of the molecule is Cc1ccc(NC(=O)Cn2c(=O)n(CC(=O)NC3CCCC3)c(=O)c3oc4ccccc4c32)c(Br)c1. The maximum atomic E-state index is 13.5. The average Bonchev–Trinajstić information content (AvgIpc) is 3.49. The number of halogens is 1. The van der Waals surface area contributed by atoms with E-state index < -0.39 is 29.6 Å². The van der Waals surface area contributed by atoms with E-state index in [0.29, 0.717) is 21.1 Å². The van der Waals surface area contributed by atoms with Crippen molar-refractivity contribution < 1.29 is 14.0 Å². The van der Waals surface area contributed by atoms with Gasteiger partial charge in [-0.05, 0) is 65.5 Å². The molecule has 0 bridgehead atoms. The van der Waals surface area contributed by atoms with Gasteiger partial charge in [-0.25, -0.2) is 9.36 Å². The summed E-state index contributed by atoms with van der Waals surface area (Å²) in [5.74, 6) is -0.884. The van der Waals surface area contributed by atoms with Crippen LogP contribution in [-0.4, -0.2) is 27.0 Å². The van der Waals surface area contributed by atoms with Crippen LogP contribution in [0.4, 0.5) is 5.69 Å². The number of fused-ring (bicyclic) bond motifs is 3. The quantitative estimate of drug-likeness (QED) is 0.378. The van der Waals surface area contributed by atoms with Gasteiger partial charge in [-0.1, -0.05) is 31.0 Å². The van der Waals surface area contributed by atoms with E-state index in [1.54, 1.807) is 30.3 Å². The number of para-hydroxylation sites is 1. The predicted molar refractivity (Wildman–Crippen MR) is 140 cm³/mol. The third kappa shape index (κ3) is 4.60. The monoisotopic (exact) mass is 552 g/mol. The van der Waals surface area contributed by atoms with Crippen molar-refractivity contribution in [2.24, 2.45) is 0 Å². The standard InChI is InChI=1S/C26H25BrN4O5/c1-15-10-11-19(18(27)12-15)29-22(33)13-30-23-17-8-4-5-9-20(17)36-24(23)25(34)31(26(30)35)14-21(32)28-16-6-2-3-7-16/h4-5,8-12,16H,2-3,6-7,13-14H2,1H3,(H,28,32)(H,29,33). The maximum absolute atomic E-state index is 13.5. The molecule has 186 valence electrons. The van der Waals surface area contributed by atoms with E-state index in [1.165, 1.54) is 4.57 Å². The summed E-state index contributed by atoms with van der Waals surface area (Å²) in [6.07, 6.45) is 3.83. The number of aromatic nitrogens is 2. The minimum absolute atomic E-state index is 0.0455. The Hall–Kier alpha value is -3.66. The molecule has 2 aromatic heterocycles. The van der Waals surface area contributed by atoms with Gasteiger partial charge in [0, 0.05) is 15.9 Å². The Bertz CT molecular complexity index is 1610. The lowest BCUT2D eigenvalue weighted by Crippen LogP contribution is -2.46. The largest absolute Gasteiger partial charge is 0.449 e.